The van der Waals surface area contributed by atoms with Crippen molar-refractivity contribution in [2.24, 2.45) is 5.73 Å². The van der Waals surface area contributed by atoms with Gasteiger partial charge < -0.3 is 5.73 Å². The van der Waals surface area contributed by atoms with E-state index in [9.17, 15) is 22.0 Å². The van der Waals surface area contributed by atoms with Gasteiger partial charge in [-0.05, 0) is 18.1 Å². The average molecular weight is 334 g/mol. The number of unbranched alkanes of at least 4 members (excludes halogenated alkanes) is 1. The minimum absolute atomic E-state index is 0.177. The first-order chi connectivity index (χ1) is 10.3. The topological polar surface area (TPSA) is 80.5 Å². The smallest absolute Gasteiger partial charge is 0.263 e. The molecule has 8 heteroatoms. The monoisotopic (exact) mass is 334 g/mol. The van der Waals surface area contributed by atoms with Crippen molar-refractivity contribution < 1.29 is 22.0 Å². The molecule has 0 atom stereocenters. The van der Waals surface area contributed by atoms with E-state index in [1.807, 2.05) is 6.92 Å². The van der Waals surface area contributed by atoms with Crippen LogP contribution < -0.4 is 5.73 Å². The fourth-order valence-corrected chi connectivity index (χ4v) is 3.46. The fourth-order valence-electron chi connectivity index (χ4n) is 1.95. The Morgan fingerprint density at radius 3 is 2.59 bits per heavy atom. The van der Waals surface area contributed by atoms with E-state index in [0.717, 1.165) is 16.8 Å². The SMILES string of the molecule is CCCCN(CC(N)=O)S(=O)(=O)Cc1cccc(C(F)F)c1. The molecule has 1 aromatic rings. The average Bonchev–Trinajstić information content (AvgIpc) is 2.42. The zero-order chi connectivity index (χ0) is 16.8. The van der Waals surface area contributed by atoms with E-state index < -0.39 is 34.7 Å². The minimum Gasteiger partial charge on any atom is -0.369 e. The van der Waals surface area contributed by atoms with Crippen molar-refractivity contribution >= 4 is 15.9 Å². The number of carbonyl (C=O) groups excluding carboxylic acids is 1. The van der Waals surface area contributed by atoms with Crippen molar-refractivity contribution in [3.05, 3.63) is 35.4 Å². The molecular formula is C14H20F2N2O3S. The molecule has 0 bridgehead atoms. The molecule has 1 rings (SSSR count). The van der Waals surface area contributed by atoms with Gasteiger partial charge in [-0.3, -0.25) is 4.79 Å². The maximum Gasteiger partial charge on any atom is 0.263 e. The fraction of sp³-hybridized carbons (Fsp3) is 0.500. The Morgan fingerprint density at radius 2 is 2.05 bits per heavy atom. The number of carbonyl (C=O) groups is 1. The Hall–Kier alpha value is -1.54. The molecule has 2 N–H and O–H groups in total. The maximum atomic E-state index is 12.7. The van der Waals surface area contributed by atoms with Crippen LogP contribution in [-0.4, -0.2) is 31.7 Å². The van der Waals surface area contributed by atoms with Crippen molar-refractivity contribution in [1.29, 1.82) is 0 Å². The highest BCUT2D eigenvalue weighted by Gasteiger charge is 2.24. The Morgan fingerprint density at radius 1 is 1.36 bits per heavy atom. The van der Waals surface area contributed by atoms with Gasteiger partial charge in [-0.15, -0.1) is 0 Å². The summed E-state index contributed by atoms with van der Waals surface area (Å²) < 4.78 is 51.0. The summed E-state index contributed by atoms with van der Waals surface area (Å²) in [5.74, 6) is -1.19. The van der Waals surface area contributed by atoms with E-state index in [1.54, 1.807) is 0 Å². The lowest BCUT2D eigenvalue weighted by molar-refractivity contribution is -0.118. The van der Waals surface area contributed by atoms with E-state index in [0.29, 0.717) is 6.42 Å². The molecule has 22 heavy (non-hydrogen) atoms. The van der Waals surface area contributed by atoms with Crippen molar-refractivity contribution in [2.45, 2.75) is 31.9 Å². The quantitative estimate of drug-likeness (QED) is 0.750. The third-order valence-electron chi connectivity index (χ3n) is 3.04. The maximum absolute atomic E-state index is 12.7. The third kappa shape index (κ3) is 5.69. The van der Waals surface area contributed by atoms with Crippen LogP contribution in [0.5, 0.6) is 0 Å². The lowest BCUT2D eigenvalue weighted by Crippen LogP contribution is -2.39. The number of primary amides is 1. The Balaban J connectivity index is 2.95. The number of sulfonamides is 1. The van der Waals surface area contributed by atoms with Crippen LogP contribution in [-0.2, 0) is 20.6 Å². The largest absolute Gasteiger partial charge is 0.369 e. The number of rotatable bonds is 9. The summed E-state index contributed by atoms with van der Waals surface area (Å²) in [6.07, 6.45) is -1.32. The van der Waals surface area contributed by atoms with Gasteiger partial charge in [0, 0.05) is 12.1 Å². The van der Waals surface area contributed by atoms with E-state index in [1.165, 1.54) is 18.2 Å². The van der Waals surface area contributed by atoms with Crippen molar-refractivity contribution in [3.8, 4) is 0 Å². The second-order valence-corrected chi connectivity index (χ2v) is 6.92. The molecule has 0 unspecified atom stereocenters. The summed E-state index contributed by atoms with van der Waals surface area (Å²) in [7, 11) is -3.80. The normalized spacial score (nSPS) is 12.0. The van der Waals surface area contributed by atoms with Gasteiger partial charge in [0.1, 0.15) is 0 Å². The number of benzene rings is 1. The highest BCUT2D eigenvalue weighted by Crippen LogP contribution is 2.21. The lowest BCUT2D eigenvalue weighted by Gasteiger charge is -2.20. The van der Waals surface area contributed by atoms with Gasteiger partial charge >= 0.3 is 0 Å². The molecule has 1 aromatic carbocycles. The van der Waals surface area contributed by atoms with Gasteiger partial charge in [0.25, 0.3) is 6.43 Å². The van der Waals surface area contributed by atoms with E-state index in [4.69, 9.17) is 5.73 Å². The van der Waals surface area contributed by atoms with Crippen LogP contribution in [0.15, 0.2) is 24.3 Å². The van der Waals surface area contributed by atoms with Gasteiger partial charge in [0.05, 0.1) is 12.3 Å². The zero-order valence-corrected chi connectivity index (χ0v) is 13.2. The number of nitrogens with zero attached hydrogens (tertiary/aromatic N) is 1. The molecule has 0 aliphatic rings. The second kappa shape index (κ2) is 8.19. The molecule has 0 spiro atoms. The molecule has 1 amide bonds. The molecule has 0 aromatic heterocycles. The third-order valence-corrected chi connectivity index (χ3v) is 4.84. The van der Waals surface area contributed by atoms with Crippen molar-refractivity contribution in [2.75, 3.05) is 13.1 Å². The molecule has 0 saturated heterocycles. The summed E-state index contributed by atoms with van der Waals surface area (Å²) in [4.78, 5) is 11.0. The molecule has 0 fully saturated rings. The summed E-state index contributed by atoms with van der Waals surface area (Å²) in [6, 6.07) is 5.24. The number of nitrogens with two attached hydrogens (primary N) is 1. The van der Waals surface area contributed by atoms with Crippen molar-refractivity contribution in [3.63, 3.8) is 0 Å². The highest BCUT2D eigenvalue weighted by atomic mass is 32.2. The first kappa shape index (κ1) is 18.5. The molecule has 124 valence electrons. The predicted octanol–water partition coefficient (Wildman–Crippen LogP) is 2.04. The Bertz CT molecular complexity index is 606. The van der Waals surface area contributed by atoms with Crippen LogP contribution in [0.25, 0.3) is 0 Å². The minimum atomic E-state index is -3.80. The number of halogens is 2. The molecule has 0 aliphatic heterocycles. The van der Waals surface area contributed by atoms with Gasteiger partial charge in [-0.1, -0.05) is 31.5 Å². The Labute approximate surface area is 129 Å². The van der Waals surface area contributed by atoms with E-state index in [2.05, 4.69) is 0 Å². The first-order valence-corrected chi connectivity index (χ1v) is 8.50. The predicted molar refractivity (Wildman–Crippen MR) is 79.7 cm³/mol. The van der Waals surface area contributed by atoms with Crippen LogP contribution in [0.1, 0.15) is 37.3 Å². The number of hydrogen-bond donors (Lipinski definition) is 1. The summed E-state index contributed by atoms with van der Waals surface area (Å²) in [5.41, 5.74) is 5.09. The van der Waals surface area contributed by atoms with Crippen LogP contribution in [0, 0.1) is 0 Å². The molecule has 0 radical (unpaired) electrons. The van der Waals surface area contributed by atoms with Gasteiger partial charge in [-0.2, -0.15) is 4.31 Å². The molecule has 0 saturated carbocycles. The van der Waals surface area contributed by atoms with E-state index in [-0.39, 0.29) is 17.7 Å². The lowest BCUT2D eigenvalue weighted by atomic mass is 10.1. The molecular weight excluding hydrogens is 314 g/mol. The van der Waals surface area contributed by atoms with Gasteiger partial charge in [0.2, 0.25) is 15.9 Å². The summed E-state index contributed by atoms with van der Waals surface area (Å²) in [6.45, 7) is 1.66. The van der Waals surface area contributed by atoms with E-state index >= 15 is 0 Å². The molecule has 0 aliphatic carbocycles. The highest BCUT2D eigenvalue weighted by molar-refractivity contribution is 7.88. The Kier molecular flexibility index (Phi) is 6.89. The number of amides is 1. The zero-order valence-electron chi connectivity index (χ0n) is 12.3. The van der Waals surface area contributed by atoms with Crippen LogP contribution in [0.2, 0.25) is 0 Å². The standard InChI is InChI=1S/C14H20F2N2O3S/c1-2-3-7-18(9-13(17)19)22(20,21)10-11-5-4-6-12(8-11)14(15)16/h4-6,8,14H,2-3,7,9-10H2,1H3,(H2,17,19). The first-order valence-electron chi connectivity index (χ1n) is 6.89. The summed E-state index contributed by atoms with van der Waals surface area (Å²) in [5, 5.41) is 0. The second-order valence-electron chi connectivity index (χ2n) is 4.96. The van der Waals surface area contributed by atoms with Gasteiger partial charge in [0.15, 0.2) is 0 Å². The van der Waals surface area contributed by atoms with Crippen LogP contribution >= 0.6 is 0 Å². The number of alkyl halides is 2. The van der Waals surface area contributed by atoms with Gasteiger partial charge in [-0.25, -0.2) is 17.2 Å². The summed E-state index contributed by atoms with van der Waals surface area (Å²) >= 11 is 0. The molecule has 5 nitrogen and oxygen atoms in total. The van der Waals surface area contributed by atoms with Crippen LogP contribution in [0.3, 0.4) is 0 Å². The molecule has 0 heterocycles. The van der Waals surface area contributed by atoms with Crippen molar-refractivity contribution in [1.82, 2.24) is 4.31 Å². The van der Waals surface area contributed by atoms with Crippen LogP contribution in [0.4, 0.5) is 8.78 Å². The number of hydrogen-bond acceptors (Lipinski definition) is 3.